The van der Waals surface area contributed by atoms with Crippen LogP contribution in [0.25, 0.3) is 0 Å². The second-order valence-corrected chi connectivity index (χ2v) is 6.19. The minimum atomic E-state index is -1.28. The van der Waals surface area contributed by atoms with Crippen molar-refractivity contribution in [2.24, 2.45) is 0 Å². The van der Waals surface area contributed by atoms with Gasteiger partial charge in [-0.15, -0.1) is 0 Å². The quantitative estimate of drug-likeness (QED) is 0.891. The molecule has 0 bridgehead atoms. The van der Waals surface area contributed by atoms with Crippen LogP contribution in [-0.4, -0.2) is 34.0 Å². The predicted octanol–water partition coefficient (Wildman–Crippen LogP) is 1.97. The summed E-state index contributed by atoms with van der Waals surface area (Å²) in [6.45, 7) is 0. The molecule has 1 aliphatic heterocycles. The summed E-state index contributed by atoms with van der Waals surface area (Å²) in [6, 6.07) is 2.96. The van der Waals surface area contributed by atoms with E-state index in [1.54, 1.807) is 11.8 Å². The van der Waals surface area contributed by atoms with E-state index in [-0.39, 0.29) is 12.0 Å². The fourth-order valence-corrected chi connectivity index (χ4v) is 3.45. The van der Waals surface area contributed by atoms with E-state index in [0.29, 0.717) is 30.4 Å². The van der Waals surface area contributed by atoms with Crippen LogP contribution in [0.5, 0.6) is 0 Å². The molecular weight excluding hydrogens is 300 g/mol. The second kappa shape index (κ2) is 6.43. The van der Waals surface area contributed by atoms with Gasteiger partial charge in [0.2, 0.25) is 5.91 Å². The highest BCUT2D eigenvalue weighted by Crippen LogP contribution is 2.27. The lowest BCUT2D eigenvalue weighted by atomic mass is 9.92. The van der Waals surface area contributed by atoms with Crippen molar-refractivity contribution < 1.29 is 23.5 Å². The van der Waals surface area contributed by atoms with Crippen molar-refractivity contribution in [3.8, 4) is 0 Å². The van der Waals surface area contributed by atoms with Crippen molar-refractivity contribution in [1.29, 1.82) is 0 Å². The Morgan fingerprint density at radius 3 is 2.52 bits per heavy atom. The number of carboxylic acids is 1. The third-order valence-corrected chi connectivity index (χ3v) is 4.49. The molecular formula is C14H15F2NO3S. The first-order valence-electron chi connectivity index (χ1n) is 6.49. The smallest absolute Gasteiger partial charge is 0.329 e. The molecule has 0 spiro atoms. The molecule has 1 aromatic rings. The summed E-state index contributed by atoms with van der Waals surface area (Å²) < 4.78 is 26.3. The number of carbonyl (C=O) groups excluding carboxylic acids is 1. The van der Waals surface area contributed by atoms with Crippen LogP contribution in [0.3, 0.4) is 0 Å². The summed E-state index contributed by atoms with van der Waals surface area (Å²) in [5, 5.41) is 11.9. The van der Waals surface area contributed by atoms with Crippen molar-refractivity contribution in [3.05, 3.63) is 35.4 Å². The molecule has 0 saturated carbocycles. The Bertz CT molecular complexity index is 559. The SMILES string of the molecule is O=C(Cc1ccc(F)cc1F)NC1(C(=O)O)CCSCC1. The maximum Gasteiger partial charge on any atom is 0.329 e. The summed E-state index contributed by atoms with van der Waals surface area (Å²) in [6.07, 6.45) is 0.365. The normalized spacial score (nSPS) is 17.2. The molecule has 1 aliphatic rings. The van der Waals surface area contributed by atoms with Crippen LogP contribution < -0.4 is 5.32 Å². The average Bonchev–Trinajstić information content (AvgIpc) is 2.43. The van der Waals surface area contributed by atoms with Gasteiger partial charge in [-0.2, -0.15) is 11.8 Å². The van der Waals surface area contributed by atoms with Gasteiger partial charge in [-0.05, 0) is 36.0 Å². The lowest BCUT2D eigenvalue weighted by Crippen LogP contribution is -2.56. The van der Waals surface area contributed by atoms with Crippen molar-refractivity contribution in [2.75, 3.05) is 11.5 Å². The van der Waals surface area contributed by atoms with Crippen LogP contribution in [0.2, 0.25) is 0 Å². The van der Waals surface area contributed by atoms with E-state index in [4.69, 9.17) is 0 Å². The van der Waals surface area contributed by atoms with E-state index < -0.39 is 29.0 Å². The number of rotatable bonds is 4. The fourth-order valence-electron chi connectivity index (χ4n) is 2.26. The van der Waals surface area contributed by atoms with Gasteiger partial charge in [-0.25, -0.2) is 13.6 Å². The number of benzene rings is 1. The highest BCUT2D eigenvalue weighted by Gasteiger charge is 2.41. The molecule has 1 amide bonds. The molecule has 2 N–H and O–H groups in total. The summed E-state index contributed by atoms with van der Waals surface area (Å²) in [5.74, 6) is -1.88. The van der Waals surface area contributed by atoms with Crippen LogP contribution in [0, 0.1) is 11.6 Å². The van der Waals surface area contributed by atoms with Crippen molar-refractivity contribution >= 4 is 23.6 Å². The maximum absolute atomic E-state index is 13.5. The van der Waals surface area contributed by atoms with Crippen LogP contribution in [0.1, 0.15) is 18.4 Å². The first-order valence-corrected chi connectivity index (χ1v) is 7.64. The van der Waals surface area contributed by atoms with Crippen LogP contribution in [0.4, 0.5) is 8.78 Å². The molecule has 114 valence electrons. The Balaban J connectivity index is 2.07. The minimum absolute atomic E-state index is 0.0413. The van der Waals surface area contributed by atoms with Gasteiger partial charge in [0, 0.05) is 6.07 Å². The van der Waals surface area contributed by atoms with Gasteiger partial charge in [-0.3, -0.25) is 4.79 Å². The zero-order chi connectivity index (χ0) is 15.5. The molecule has 0 radical (unpaired) electrons. The number of hydrogen-bond donors (Lipinski definition) is 2. The van der Waals surface area contributed by atoms with E-state index in [0.717, 1.165) is 6.07 Å². The Labute approximate surface area is 124 Å². The molecule has 0 atom stereocenters. The molecule has 0 aromatic heterocycles. The van der Waals surface area contributed by atoms with Gasteiger partial charge in [0.05, 0.1) is 6.42 Å². The van der Waals surface area contributed by atoms with E-state index >= 15 is 0 Å². The zero-order valence-corrected chi connectivity index (χ0v) is 12.0. The number of amides is 1. The first kappa shape index (κ1) is 15.8. The van der Waals surface area contributed by atoms with E-state index in [9.17, 15) is 23.5 Å². The number of hydrogen-bond acceptors (Lipinski definition) is 3. The van der Waals surface area contributed by atoms with Gasteiger partial charge in [-0.1, -0.05) is 6.07 Å². The number of halogens is 2. The maximum atomic E-state index is 13.5. The highest BCUT2D eigenvalue weighted by molar-refractivity contribution is 7.99. The molecule has 1 aromatic carbocycles. The van der Waals surface area contributed by atoms with Crippen molar-refractivity contribution in [1.82, 2.24) is 5.32 Å². The molecule has 1 saturated heterocycles. The number of carbonyl (C=O) groups is 2. The molecule has 0 aliphatic carbocycles. The second-order valence-electron chi connectivity index (χ2n) is 4.96. The molecule has 4 nitrogen and oxygen atoms in total. The molecule has 0 unspecified atom stereocenters. The monoisotopic (exact) mass is 315 g/mol. The Kier molecular flexibility index (Phi) is 4.82. The molecule has 1 heterocycles. The average molecular weight is 315 g/mol. The van der Waals surface area contributed by atoms with Crippen LogP contribution in [0.15, 0.2) is 18.2 Å². The Morgan fingerprint density at radius 2 is 1.95 bits per heavy atom. The van der Waals surface area contributed by atoms with Crippen LogP contribution >= 0.6 is 11.8 Å². The summed E-state index contributed by atoms with van der Waals surface area (Å²) in [5.41, 5.74) is -1.24. The molecule has 21 heavy (non-hydrogen) atoms. The van der Waals surface area contributed by atoms with Gasteiger partial charge in [0.25, 0.3) is 0 Å². The van der Waals surface area contributed by atoms with Crippen molar-refractivity contribution in [2.45, 2.75) is 24.8 Å². The lowest BCUT2D eigenvalue weighted by Gasteiger charge is -2.33. The largest absolute Gasteiger partial charge is 0.480 e. The first-order chi connectivity index (χ1) is 9.93. The molecule has 2 rings (SSSR count). The van der Waals surface area contributed by atoms with Crippen molar-refractivity contribution in [3.63, 3.8) is 0 Å². The van der Waals surface area contributed by atoms with Gasteiger partial charge in [0.15, 0.2) is 0 Å². The zero-order valence-electron chi connectivity index (χ0n) is 11.2. The topological polar surface area (TPSA) is 66.4 Å². The summed E-state index contributed by atoms with van der Waals surface area (Å²) in [7, 11) is 0. The van der Waals surface area contributed by atoms with E-state index in [1.165, 1.54) is 6.07 Å². The third kappa shape index (κ3) is 3.72. The lowest BCUT2D eigenvalue weighted by molar-refractivity contribution is -0.148. The predicted molar refractivity (Wildman–Crippen MR) is 75.1 cm³/mol. The highest BCUT2D eigenvalue weighted by atomic mass is 32.2. The number of thioether (sulfide) groups is 1. The minimum Gasteiger partial charge on any atom is -0.480 e. The van der Waals surface area contributed by atoms with Crippen LogP contribution in [-0.2, 0) is 16.0 Å². The molecule has 7 heteroatoms. The fraction of sp³-hybridized carbons (Fsp3) is 0.429. The Morgan fingerprint density at radius 1 is 1.29 bits per heavy atom. The number of nitrogens with one attached hydrogen (secondary N) is 1. The molecule has 1 fully saturated rings. The third-order valence-electron chi connectivity index (χ3n) is 3.50. The van der Waals surface area contributed by atoms with E-state index in [2.05, 4.69) is 5.32 Å². The number of carboxylic acid groups (broad SMARTS) is 1. The standard InChI is InChI=1S/C14H15F2NO3S/c15-10-2-1-9(11(16)8-10)7-12(18)17-14(13(19)20)3-5-21-6-4-14/h1-2,8H,3-7H2,(H,17,18)(H,19,20). The van der Waals surface area contributed by atoms with Gasteiger partial charge in [0.1, 0.15) is 17.2 Å². The summed E-state index contributed by atoms with van der Waals surface area (Å²) in [4.78, 5) is 23.4. The number of aliphatic carboxylic acids is 1. The Hall–Kier alpha value is -1.63. The van der Waals surface area contributed by atoms with Gasteiger partial charge < -0.3 is 10.4 Å². The van der Waals surface area contributed by atoms with E-state index in [1.807, 2.05) is 0 Å². The summed E-state index contributed by atoms with van der Waals surface area (Å²) >= 11 is 1.63. The van der Waals surface area contributed by atoms with Gasteiger partial charge >= 0.3 is 5.97 Å².